The third kappa shape index (κ3) is 7.84. The number of halogens is 4. The number of ketones is 1. The van der Waals surface area contributed by atoms with Crippen molar-refractivity contribution < 1.29 is 40.4 Å². The minimum absolute atomic E-state index is 0.0680. The van der Waals surface area contributed by atoms with Gasteiger partial charge in [0.2, 0.25) is 11.7 Å². The Bertz CT molecular complexity index is 1250. The number of hydrogen-bond donors (Lipinski definition) is 3. The fourth-order valence-electron chi connectivity index (χ4n) is 3.65. The Morgan fingerprint density at radius 1 is 0.974 bits per heavy atom. The zero-order chi connectivity index (χ0) is 28.1. The monoisotopic (exact) mass is 557 g/mol. The maximum atomic E-state index is 14.0. The molecule has 0 saturated heterocycles. The fourth-order valence-corrected chi connectivity index (χ4v) is 5.10. The maximum Gasteiger partial charge on any atom is 0.407 e. The lowest BCUT2D eigenvalue weighted by atomic mass is 10.0. The molecule has 1 saturated carbocycles. The summed E-state index contributed by atoms with van der Waals surface area (Å²) in [7, 11) is -4.29. The molecule has 2 aromatic rings. The summed E-state index contributed by atoms with van der Waals surface area (Å²) in [6, 6.07) is 4.08. The fraction of sp³-hybridized carbons (Fsp3) is 0.400. The van der Waals surface area contributed by atoms with Gasteiger partial charge in [-0.1, -0.05) is 37.3 Å². The van der Waals surface area contributed by atoms with Gasteiger partial charge in [-0.3, -0.25) is 19.7 Å². The number of sulfone groups is 1. The van der Waals surface area contributed by atoms with Crippen molar-refractivity contribution in [2.24, 2.45) is 0 Å². The van der Waals surface area contributed by atoms with Gasteiger partial charge in [0, 0.05) is 6.04 Å². The second kappa shape index (κ2) is 12.0. The van der Waals surface area contributed by atoms with Crippen LogP contribution in [-0.2, 0) is 24.2 Å². The molecule has 0 spiro atoms. The van der Waals surface area contributed by atoms with E-state index in [4.69, 9.17) is 0 Å². The van der Waals surface area contributed by atoms with Gasteiger partial charge < -0.3 is 10.6 Å². The van der Waals surface area contributed by atoms with E-state index in [1.165, 1.54) is 31.2 Å². The molecule has 2 aromatic carbocycles. The normalized spacial score (nSPS) is 16.2. The number of alkyl halides is 3. The summed E-state index contributed by atoms with van der Waals surface area (Å²) in [5.74, 6) is -5.04. The highest BCUT2D eigenvalue weighted by molar-refractivity contribution is 7.91. The van der Waals surface area contributed by atoms with Gasteiger partial charge in [0.15, 0.2) is 9.84 Å². The van der Waals surface area contributed by atoms with Crippen molar-refractivity contribution in [2.45, 2.75) is 61.4 Å². The number of hydrogen-bond acceptors (Lipinski definition) is 6. The highest BCUT2D eigenvalue weighted by Crippen LogP contribution is 2.33. The molecule has 0 bridgehead atoms. The van der Waals surface area contributed by atoms with Crippen LogP contribution in [0, 0.1) is 5.82 Å². The summed E-state index contributed by atoms with van der Waals surface area (Å²) in [6.07, 6.45) is -3.67. The van der Waals surface area contributed by atoms with Crippen molar-refractivity contribution in [2.75, 3.05) is 5.75 Å². The molecular weight excluding hydrogens is 530 g/mol. The number of benzene rings is 2. The molecule has 3 rings (SSSR count). The molecule has 8 nitrogen and oxygen atoms in total. The summed E-state index contributed by atoms with van der Waals surface area (Å²) < 4.78 is 81.4. The van der Waals surface area contributed by atoms with Gasteiger partial charge >= 0.3 is 6.18 Å². The van der Waals surface area contributed by atoms with Crippen molar-refractivity contribution in [1.29, 1.82) is 0 Å². The van der Waals surface area contributed by atoms with Crippen LogP contribution in [0.3, 0.4) is 0 Å². The lowest BCUT2D eigenvalue weighted by Gasteiger charge is -2.28. The van der Waals surface area contributed by atoms with Gasteiger partial charge in [-0.25, -0.2) is 12.8 Å². The summed E-state index contributed by atoms with van der Waals surface area (Å²) >= 11 is 0. The standard InChI is InChI=1S/C25H27F4N3O5S/c1-2-19(21(33)24(35)30-17-12-13-17)32-23(34)20(14-38(36,37)18-6-4-3-5-7-18)31-22(25(27,28)29)15-8-10-16(26)11-9-15/h3-11,17,19-20,22,31H,2,12-14H2,1H3,(H,30,35)(H,32,34)/t19-,20-,22-/m0/s1. The minimum Gasteiger partial charge on any atom is -0.347 e. The van der Waals surface area contributed by atoms with Gasteiger partial charge in [-0.2, -0.15) is 13.2 Å². The second-order valence-corrected chi connectivity index (χ2v) is 11.0. The molecule has 0 unspecified atom stereocenters. The van der Waals surface area contributed by atoms with Crippen LogP contribution in [0.4, 0.5) is 17.6 Å². The third-order valence-electron chi connectivity index (χ3n) is 5.88. The second-order valence-electron chi connectivity index (χ2n) is 8.92. The topological polar surface area (TPSA) is 121 Å². The van der Waals surface area contributed by atoms with Crippen molar-refractivity contribution in [1.82, 2.24) is 16.0 Å². The van der Waals surface area contributed by atoms with Crippen LogP contribution in [0.15, 0.2) is 59.5 Å². The van der Waals surface area contributed by atoms with Gasteiger partial charge in [0.25, 0.3) is 5.91 Å². The quantitative estimate of drug-likeness (QED) is 0.273. The Hall–Kier alpha value is -3.32. The highest BCUT2D eigenvalue weighted by Gasteiger charge is 2.44. The molecule has 13 heteroatoms. The largest absolute Gasteiger partial charge is 0.407 e. The predicted octanol–water partition coefficient (Wildman–Crippen LogP) is 2.60. The van der Waals surface area contributed by atoms with Crippen LogP contribution in [0.25, 0.3) is 0 Å². The summed E-state index contributed by atoms with van der Waals surface area (Å²) in [5, 5.41) is 6.75. The lowest BCUT2D eigenvalue weighted by molar-refractivity contribution is -0.160. The van der Waals surface area contributed by atoms with Gasteiger partial charge in [0.05, 0.1) is 16.7 Å². The number of carbonyl (C=O) groups is 3. The summed E-state index contributed by atoms with van der Waals surface area (Å²) in [6.45, 7) is 1.48. The molecule has 1 aliphatic rings. The Labute approximate surface area is 217 Å². The van der Waals surface area contributed by atoms with E-state index in [0.29, 0.717) is 12.8 Å². The molecule has 206 valence electrons. The lowest BCUT2D eigenvalue weighted by Crippen LogP contribution is -2.56. The molecule has 0 radical (unpaired) electrons. The minimum atomic E-state index is -5.00. The van der Waals surface area contributed by atoms with Crippen LogP contribution < -0.4 is 16.0 Å². The molecule has 38 heavy (non-hydrogen) atoms. The van der Waals surface area contributed by atoms with E-state index < -0.39 is 68.9 Å². The predicted molar refractivity (Wildman–Crippen MR) is 129 cm³/mol. The molecule has 3 N–H and O–H groups in total. The van der Waals surface area contributed by atoms with Crippen molar-refractivity contribution in [3.63, 3.8) is 0 Å². The molecule has 2 amide bonds. The summed E-state index contributed by atoms with van der Waals surface area (Å²) in [4.78, 5) is 37.7. The van der Waals surface area contributed by atoms with Crippen LogP contribution >= 0.6 is 0 Å². The number of Topliss-reactive ketones (excluding diaryl/α,β-unsaturated/α-hetero) is 1. The van der Waals surface area contributed by atoms with Crippen molar-refractivity contribution in [3.05, 3.63) is 66.0 Å². The first kappa shape index (κ1) is 29.2. The third-order valence-corrected chi connectivity index (χ3v) is 7.64. The Balaban J connectivity index is 1.91. The van der Waals surface area contributed by atoms with Gasteiger partial charge in [-0.15, -0.1) is 0 Å². The van der Waals surface area contributed by atoms with Crippen molar-refractivity contribution >= 4 is 27.4 Å². The van der Waals surface area contributed by atoms with E-state index in [-0.39, 0.29) is 17.4 Å². The van der Waals surface area contributed by atoms with E-state index >= 15 is 0 Å². The van der Waals surface area contributed by atoms with Crippen LogP contribution in [0.1, 0.15) is 37.8 Å². The SMILES string of the molecule is CC[C@H](NC(=O)[C@H](CS(=O)(=O)c1ccccc1)N[C@@H](c1ccc(F)cc1)C(F)(F)F)C(=O)C(=O)NC1CC1. The van der Waals surface area contributed by atoms with E-state index in [2.05, 4.69) is 10.6 Å². The highest BCUT2D eigenvalue weighted by atomic mass is 32.2. The zero-order valence-corrected chi connectivity index (χ0v) is 21.1. The number of rotatable bonds is 12. The molecule has 3 atom stereocenters. The smallest absolute Gasteiger partial charge is 0.347 e. The number of nitrogens with one attached hydrogen (secondary N) is 3. The first-order valence-corrected chi connectivity index (χ1v) is 13.5. The zero-order valence-electron chi connectivity index (χ0n) is 20.3. The Morgan fingerprint density at radius 3 is 2.11 bits per heavy atom. The number of carbonyl (C=O) groups excluding carboxylic acids is 3. The van der Waals surface area contributed by atoms with Gasteiger partial charge in [0.1, 0.15) is 17.9 Å². The average molecular weight is 558 g/mol. The molecule has 1 aliphatic carbocycles. The number of amides is 2. The maximum absolute atomic E-state index is 14.0. The van der Waals surface area contributed by atoms with Crippen LogP contribution in [-0.4, -0.2) is 56.1 Å². The molecule has 0 aliphatic heterocycles. The Morgan fingerprint density at radius 2 is 1.58 bits per heavy atom. The molecule has 0 aromatic heterocycles. The molecule has 1 fully saturated rings. The average Bonchev–Trinajstić information content (AvgIpc) is 3.69. The first-order valence-electron chi connectivity index (χ1n) is 11.8. The van der Waals surface area contributed by atoms with Crippen LogP contribution in [0.2, 0.25) is 0 Å². The molecule has 0 heterocycles. The Kier molecular flexibility index (Phi) is 9.26. The van der Waals surface area contributed by atoms with E-state index in [0.717, 1.165) is 24.3 Å². The summed E-state index contributed by atoms with van der Waals surface area (Å²) in [5.41, 5.74) is -0.458. The van der Waals surface area contributed by atoms with Crippen LogP contribution in [0.5, 0.6) is 0 Å². The van der Waals surface area contributed by atoms with Crippen molar-refractivity contribution in [3.8, 4) is 0 Å². The van der Waals surface area contributed by atoms with E-state index in [1.807, 2.05) is 5.32 Å². The molecular formula is C25H27F4N3O5S. The van der Waals surface area contributed by atoms with E-state index in [1.54, 1.807) is 6.07 Å². The van der Waals surface area contributed by atoms with Gasteiger partial charge in [-0.05, 0) is 49.1 Å². The van der Waals surface area contributed by atoms with E-state index in [9.17, 15) is 40.4 Å². The first-order chi connectivity index (χ1) is 17.8.